The van der Waals surface area contributed by atoms with Gasteiger partial charge in [0.1, 0.15) is 4.21 Å². The van der Waals surface area contributed by atoms with Crippen LogP contribution in [-0.2, 0) is 21.2 Å². The van der Waals surface area contributed by atoms with Crippen LogP contribution in [0.1, 0.15) is 37.0 Å². The van der Waals surface area contributed by atoms with Gasteiger partial charge in [-0.25, -0.2) is 13.6 Å². The van der Waals surface area contributed by atoms with Crippen molar-refractivity contribution in [3.8, 4) is 0 Å². The smallest absolute Gasteiger partial charge is 0.247 e. The third-order valence-corrected chi connectivity index (χ3v) is 5.98. The van der Waals surface area contributed by atoms with E-state index in [-0.39, 0.29) is 16.5 Å². The number of likely N-dealkylation sites (tertiary alicyclic amines) is 1. The number of amides is 1. The summed E-state index contributed by atoms with van der Waals surface area (Å²) in [7, 11) is -3.66. The molecule has 0 unspecified atom stereocenters. The Morgan fingerprint density at radius 2 is 1.75 bits per heavy atom. The Balaban J connectivity index is 1.98. The number of sulfonamides is 1. The average Bonchev–Trinajstić information content (AvgIpc) is 2.76. The Labute approximate surface area is 123 Å². The van der Waals surface area contributed by atoms with E-state index in [9.17, 15) is 13.2 Å². The van der Waals surface area contributed by atoms with Gasteiger partial charge in [-0.05, 0) is 25.0 Å². The number of thiophene rings is 1. The lowest BCUT2D eigenvalue weighted by Crippen LogP contribution is -2.34. The SMILES string of the molecule is NS(=O)(=O)c1ccc(CC(=O)N2CCCCCCC2)s1. The molecule has 1 amide bonds. The summed E-state index contributed by atoms with van der Waals surface area (Å²) in [5.74, 6) is 0.0784. The van der Waals surface area contributed by atoms with Gasteiger partial charge >= 0.3 is 0 Å². The standard InChI is InChI=1S/C13H20N2O3S2/c14-20(17,18)13-7-6-11(19-13)10-12(16)15-8-4-2-1-3-5-9-15/h6-7H,1-5,8-10H2,(H2,14,17,18). The molecule has 1 aliphatic rings. The molecule has 0 spiro atoms. The predicted octanol–water partition coefficient (Wildman–Crippen LogP) is 1.73. The minimum Gasteiger partial charge on any atom is -0.342 e. The molecule has 1 saturated heterocycles. The molecule has 5 nitrogen and oxygen atoms in total. The third kappa shape index (κ3) is 4.29. The van der Waals surface area contributed by atoms with Crippen molar-refractivity contribution in [2.45, 2.75) is 42.7 Å². The van der Waals surface area contributed by atoms with Crippen molar-refractivity contribution in [1.29, 1.82) is 0 Å². The molecular formula is C13H20N2O3S2. The van der Waals surface area contributed by atoms with E-state index in [1.807, 2.05) is 4.90 Å². The van der Waals surface area contributed by atoms with Gasteiger partial charge in [-0.15, -0.1) is 11.3 Å². The van der Waals surface area contributed by atoms with E-state index in [0.717, 1.165) is 42.1 Å². The first-order valence-corrected chi connectivity index (χ1v) is 9.22. The maximum atomic E-state index is 12.2. The molecule has 1 fully saturated rings. The quantitative estimate of drug-likeness (QED) is 0.922. The highest BCUT2D eigenvalue weighted by molar-refractivity contribution is 7.91. The number of carbonyl (C=O) groups is 1. The van der Waals surface area contributed by atoms with E-state index in [0.29, 0.717) is 0 Å². The normalized spacial score (nSPS) is 17.6. The minimum atomic E-state index is -3.66. The number of primary sulfonamides is 1. The molecule has 112 valence electrons. The second-order valence-electron chi connectivity index (χ2n) is 5.09. The summed E-state index contributed by atoms with van der Waals surface area (Å²) in [5.41, 5.74) is 0. The molecular weight excluding hydrogens is 296 g/mol. The van der Waals surface area contributed by atoms with E-state index in [2.05, 4.69) is 0 Å². The largest absolute Gasteiger partial charge is 0.342 e. The second-order valence-corrected chi connectivity index (χ2v) is 8.05. The van der Waals surface area contributed by atoms with Crippen molar-refractivity contribution in [2.24, 2.45) is 5.14 Å². The molecule has 0 aliphatic carbocycles. The fraction of sp³-hybridized carbons (Fsp3) is 0.615. The van der Waals surface area contributed by atoms with Crippen molar-refractivity contribution in [3.63, 3.8) is 0 Å². The maximum Gasteiger partial charge on any atom is 0.247 e. The van der Waals surface area contributed by atoms with Crippen molar-refractivity contribution >= 4 is 27.3 Å². The first kappa shape index (κ1) is 15.5. The molecule has 20 heavy (non-hydrogen) atoms. The lowest BCUT2D eigenvalue weighted by molar-refractivity contribution is -0.130. The molecule has 1 aromatic rings. The monoisotopic (exact) mass is 316 g/mol. The minimum absolute atomic E-state index is 0.0784. The average molecular weight is 316 g/mol. The van der Waals surface area contributed by atoms with Crippen LogP contribution in [0, 0.1) is 0 Å². The summed E-state index contributed by atoms with van der Waals surface area (Å²) < 4.78 is 22.5. The Kier molecular flexibility index (Phi) is 5.17. The Hall–Kier alpha value is -0.920. The number of hydrogen-bond donors (Lipinski definition) is 1. The van der Waals surface area contributed by atoms with E-state index in [1.165, 1.54) is 25.3 Å². The van der Waals surface area contributed by atoms with Gasteiger partial charge in [-0.1, -0.05) is 19.3 Å². The van der Waals surface area contributed by atoms with Crippen molar-refractivity contribution < 1.29 is 13.2 Å². The molecule has 1 aliphatic heterocycles. The zero-order valence-corrected chi connectivity index (χ0v) is 13.0. The molecule has 0 bridgehead atoms. The molecule has 2 N–H and O–H groups in total. The van der Waals surface area contributed by atoms with Crippen molar-refractivity contribution in [1.82, 2.24) is 4.90 Å². The van der Waals surface area contributed by atoms with Gasteiger partial charge in [0, 0.05) is 18.0 Å². The predicted molar refractivity (Wildman–Crippen MR) is 79.1 cm³/mol. The fourth-order valence-corrected chi connectivity index (χ4v) is 4.13. The molecule has 7 heteroatoms. The zero-order valence-electron chi connectivity index (χ0n) is 11.4. The highest BCUT2D eigenvalue weighted by Gasteiger charge is 2.17. The summed E-state index contributed by atoms with van der Waals surface area (Å²) >= 11 is 1.08. The van der Waals surface area contributed by atoms with Crippen LogP contribution < -0.4 is 5.14 Å². The topological polar surface area (TPSA) is 80.5 Å². The summed E-state index contributed by atoms with van der Waals surface area (Å²) in [6.07, 6.45) is 5.98. The summed E-state index contributed by atoms with van der Waals surface area (Å²) in [6.45, 7) is 1.62. The van der Waals surface area contributed by atoms with Crippen LogP contribution in [0.3, 0.4) is 0 Å². The number of hydrogen-bond acceptors (Lipinski definition) is 4. The van der Waals surface area contributed by atoms with Crippen LogP contribution >= 0.6 is 11.3 Å². The van der Waals surface area contributed by atoms with Gasteiger partial charge in [0.2, 0.25) is 15.9 Å². The van der Waals surface area contributed by atoms with E-state index in [4.69, 9.17) is 5.14 Å². The van der Waals surface area contributed by atoms with E-state index >= 15 is 0 Å². The number of rotatable bonds is 3. The van der Waals surface area contributed by atoms with Gasteiger partial charge < -0.3 is 4.90 Å². The lowest BCUT2D eigenvalue weighted by atomic mass is 10.1. The number of nitrogens with two attached hydrogens (primary N) is 1. The van der Waals surface area contributed by atoms with E-state index < -0.39 is 10.0 Å². The van der Waals surface area contributed by atoms with E-state index in [1.54, 1.807) is 6.07 Å². The maximum absolute atomic E-state index is 12.2. The van der Waals surface area contributed by atoms with Gasteiger partial charge in [0.25, 0.3) is 0 Å². The third-order valence-electron chi connectivity index (χ3n) is 3.45. The Morgan fingerprint density at radius 1 is 1.15 bits per heavy atom. The van der Waals surface area contributed by atoms with Gasteiger partial charge in [-0.3, -0.25) is 4.79 Å². The molecule has 1 aromatic heterocycles. The molecule has 0 radical (unpaired) electrons. The van der Waals surface area contributed by atoms with Gasteiger partial charge in [-0.2, -0.15) is 0 Å². The lowest BCUT2D eigenvalue weighted by Gasteiger charge is -2.24. The first-order valence-electron chi connectivity index (χ1n) is 6.86. The Bertz CT molecular complexity index is 558. The summed E-state index contributed by atoms with van der Waals surface area (Å²) in [6, 6.07) is 3.14. The van der Waals surface area contributed by atoms with Gasteiger partial charge in [0.05, 0.1) is 6.42 Å². The van der Waals surface area contributed by atoms with Crippen molar-refractivity contribution in [3.05, 3.63) is 17.0 Å². The van der Waals surface area contributed by atoms with Crippen LogP contribution in [0.15, 0.2) is 16.3 Å². The first-order chi connectivity index (χ1) is 9.47. The summed E-state index contributed by atoms with van der Waals surface area (Å²) in [4.78, 5) is 14.9. The number of carbonyl (C=O) groups excluding carboxylic acids is 1. The molecule has 2 heterocycles. The molecule has 2 rings (SSSR count). The van der Waals surface area contributed by atoms with Crippen molar-refractivity contribution in [2.75, 3.05) is 13.1 Å². The molecule has 0 atom stereocenters. The number of nitrogens with zero attached hydrogens (tertiary/aromatic N) is 1. The zero-order chi connectivity index (χ0) is 14.6. The Morgan fingerprint density at radius 3 is 2.30 bits per heavy atom. The fourth-order valence-electron chi connectivity index (χ4n) is 2.36. The molecule has 0 saturated carbocycles. The van der Waals surface area contributed by atoms with Crippen LogP contribution in [0.2, 0.25) is 0 Å². The van der Waals surface area contributed by atoms with Crippen LogP contribution in [0.25, 0.3) is 0 Å². The van der Waals surface area contributed by atoms with Crippen LogP contribution in [0.4, 0.5) is 0 Å². The molecule has 0 aromatic carbocycles. The van der Waals surface area contributed by atoms with Gasteiger partial charge in [0.15, 0.2) is 0 Å². The second kappa shape index (κ2) is 6.69. The van der Waals surface area contributed by atoms with Crippen LogP contribution in [-0.4, -0.2) is 32.3 Å². The highest BCUT2D eigenvalue weighted by Crippen LogP contribution is 2.21. The summed E-state index contributed by atoms with van der Waals surface area (Å²) in [5, 5.41) is 5.07. The van der Waals surface area contributed by atoms with Crippen LogP contribution in [0.5, 0.6) is 0 Å². The highest BCUT2D eigenvalue weighted by atomic mass is 32.2.